The lowest BCUT2D eigenvalue weighted by Gasteiger charge is -2.11. The second kappa shape index (κ2) is 7.02. The number of sulfonamides is 1. The van der Waals surface area contributed by atoms with Gasteiger partial charge in [0.15, 0.2) is 4.90 Å². The van der Waals surface area contributed by atoms with Crippen LogP contribution in [0.1, 0.15) is 10.4 Å². The Labute approximate surface area is 153 Å². The van der Waals surface area contributed by atoms with E-state index in [1.807, 2.05) is 5.43 Å². The van der Waals surface area contributed by atoms with Crippen LogP contribution in [0.25, 0.3) is 10.8 Å². The summed E-state index contributed by atoms with van der Waals surface area (Å²) in [7, 11) is -4.40. The summed E-state index contributed by atoms with van der Waals surface area (Å²) < 4.78 is 24.6. The number of fused-ring (bicyclic) bond motifs is 1. The maximum Gasteiger partial charge on any atom is 0.289 e. The van der Waals surface area contributed by atoms with Gasteiger partial charge >= 0.3 is 0 Å². The van der Waals surface area contributed by atoms with Crippen LogP contribution in [0.3, 0.4) is 0 Å². The SMILES string of the molecule is O=C(NNS(=O)(=O)c1ccccc1[N+](=O)[O-])c1ccc2ccccc2c1O. The Morgan fingerprint density at radius 3 is 2.41 bits per heavy atom. The third-order valence-corrected chi connectivity index (χ3v) is 5.09. The first kappa shape index (κ1) is 18.3. The molecule has 0 aliphatic heterocycles. The van der Waals surface area contributed by atoms with E-state index in [9.17, 15) is 28.4 Å². The number of nitrogens with zero attached hydrogens (tertiary/aromatic N) is 1. The minimum Gasteiger partial charge on any atom is -0.506 e. The van der Waals surface area contributed by atoms with Crippen LogP contribution in [0, 0.1) is 10.1 Å². The van der Waals surface area contributed by atoms with Crippen LogP contribution in [0.5, 0.6) is 5.75 Å². The van der Waals surface area contributed by atoms with Crippen molar-refractivity contribution in [2.24, 2.45) is 0 Å². The minimum absolute atomic E-state index is 0.154. The van der Waals surface area contributed by atoms with Crippen molar-refractivity contribution in [2.45, 2.75) is 4.90 Å². The molecule has 0 saturated carbocycles. The number of benzene rings is 3. The number of nitro groups is 1. The molecule has 0 heterocycles. The normalized spacial score (nSPS) is 11.3. The van der Waals surface area contributed by atoms with Crippen molar-refractivity contribution in [3.8, 4) is 5.75 Å². The van der Waals surface area contributed by atoms with Crippen molar-refractivity contribution in [2.75, 3.05) is 0 Å². The number of carbonyl (C=O) groups is 1. The van der Waals surface area contributed by atoms with E-state index in [0.29, 0.717) is 10.8 Å². The fraction of sp³-hybridized carbons (Fsp3) is 0. The van der Waals surface area contributed by atoms with Gasteiger partial charge in [-0.25, -0.2) is 8.42 Å². The summed E-state index contributed by atoms with van der Waals surface area (Å²) >= 11 is 0. The van der Waals surface area contributed by atoms with Crippen molar-refractivity contribution in [1.82, 2.24) is 10.3 Å². The number of nitro benzene ring substituents is 1. The first-order valence-corrected chi connectivity index (χ1v) is 9.06. The molecule has 3 rings (SSSR count). The van der Waals surface area contributed by atoms with Gasteiger partial charge in [-0.2, -0.15) is 0 Å². The standard InChI is InChI=1S/C17H13N3O6S/c21-16-12-6-2-1-5-11(12)9-10-13(16)17(22)18-19-27(25,26)15-8-4-3-7-14(15)20(23)24/h1-10,19,21H,(H,18,22). The quantitative estimate of drug-likeness (QED) is 0.452. The van der Waals surface area contributed by atoms with Gasteiger partial charge in [-0.3, -0.25) is 20.3 Å². The number of nitrogens with one attached hydrogen (secondary N) is 2. The molecule has 3 aromatic carbocycles. The Morgan fingerprint density at radius 2 is 1.67 bits per heavy atom. The molecule has 0 unspecified atom stereocenters. The zero-order valence-corrected chi connectivity index (χ0v) is 14.4. The van der Waals surface area contributed by atoms with Gasteiger partial charge in [0.25, 0.3) is 21.6 Å². The Bertz CT molecular complexity index is 1160. The van der Waals surface area contributed by atoms with Gasteiger partial charge in [-0.05, 0) is 17.5 Å². The number of amides is 1. The molecule has 0 aromatic heterocycles. The van der Waals surface area contributed by atoms with E-state index >= 15 is 0 Å². The first-order chi connectivity index (χ1) is 12.8. The van der Waals surface area contributed by atoms with Crippen LogP contribution in [0.15, 0.2) is 65.6 Å². The third kappa shape index (κ3) is 3.57. The zero-order chi connectivity index (χ0) is 19.6. The van der Waals surface area contributed by atoms with Crippen molar-refractivity contribution in [3.63, 3.8) is 0 Å². The molecule has 9 nitrogen and oxygen atoms in total. The molecule has 3 aromatic rings. The van der Waals surface area contributed by atoms with Gasteiger partial charge in [0.05, 0.1) is 10.5 Å². The molecule has 138 valence electrons. The number of rotatable bonds is 5. The van der Waals surface area contributed by atoms with Crippen LogP contribution in [0.4, 0.5) is 5.69 Å². The topological polar surface area (TPSA) is 139 Å². The number of hydrazine groups is 1. The highest BCUT2D eigenvalue weighted by Gasteiger charge is 2.26. The van der Waals surface area contributed by atoms with Crippen LogP contribution < -0.4 is 10.3 Å². The molecule has 0 spiro atoms. The van der Waals surface area contributed by atoms with Gasteiger partial charge in [0.2, 0.25) is 0 Å². The number of hydrogen-bond acceptors (Lipinski definition) is 6. The largest absolute Gasteiger partial charge is 0.506 e. The van der Waals surface area contributed by atoms with E-state index in [1.54, 1.807) is 35.2 Å². The molecule has 3 N–H and O–H groups in total. The molecule has 0 aliphatic rings. The lowest BCUT2D eigenvalue weighted by Crippen LogP contribution is -2.41. The van der Waals surface area contributed by atoms with Crippen LogP contribution in [-0.2, 0) is 10.0 Å². The number of phenolic OH excluding ortho intramolecular Hbond substituents is 1. The highest BCUT2D eigenvalue weighted by molar-refractivity contribution is 7.89. The molecular formula is C17H13N3O6S. The maximum absolute atomic E-state index is 12.3. The lowest BCUT2D eigenvalue weighted by molar-refractivity contribution is -0.387. The van der Waals surface area contributed by atoms with E-state index in [1.165, 1.54) is 18.2 Å². The summed E-state index contributed by atoms with van der Waals surface area (Å²) in [5, 5.41) is 22.4. The maximum atomic E-state index is 12.3. The van der Waals surface area contributed by atoms with E-state index in [2.05, 4.69) is 0 Å². The van der Waals surface area contributed by atoms with Crippen molar-refractivity contribution in [1.29, 1.82) is 0 Å². The average Bonchev–Trinajstić information content (AvgIpc) is 2.66. The summed E-state index contributed by atoms with van der Waals surface area (Å²) in [6.45, 7) is 0. The summed E-state index contributed by atoms with van der Waals surface area (Å²) in [6.07, 6.45) is 0. The molecule has 0 radical (unpaired) electrons. The predicted octanol–water partition coefficient (Wildman–Crippen LogP) is 2.08. The Morgan fingerprint density at radius 1 is 1.00 bits per heavy atom. The van der Waals surface area contributed by atoms with Crippen molar-refractivity contribution < 1.29 is 23.2 Å². The van der Waals surface area contributed by atoms with Crippen LogP contribution in [0.2, 0.25) is 0 Å². The van der Waals surface area contributed by atoms with E-state index in [4.69, 9.17) is 0 Å². The highest BCUT2D eigenvalue weighted by Crippen LogP contribution is 2.28. The minimum atomic E-state index is -4.40. The van der Waals surface area contributed by atoms with E-state index in [-0.39, 0.29) is 11.3 Å². The smallest absolute Gasteiger partial charge is 0.289 e. The molecule has 1 amide bonds. The van der Waals surface area contributed by atoms with Crippen LogP contribution in [-0.4, -0.2) is 24.4 Å². The van der Waals surface area contributed by atoms with E-state index < -0.39 is 31.4 Å². The fourth-order valence-corrected chi connectivity index (χ4v) is 3.52. The molecule has 0 bridgehead atoms. The number of phenols is 1. The van der Waals surface area contributed by atoms with E-state index in [0.717, 1.165) is 12.1 Å². The Kier molecular flexibility index (Phi) is 4.75. The molecule has 27 heavy (non-hydrogen) atoms. The summed E-state index contributed by atoms with van der Waals surface area (Å²) in [6, 6.07) is 14.5. The number of aromatic hydroxyl groups is 1. The molecular weight excluding hydrogens is 374 g/mol. The molecule has 0 aliphatic carbocycles. The predicted molar refractivity (Wildman–Crippen MR) is 96.5 cm³/mol. The summed E-state index contributed by atoms with van der Waals surface area (Å²) in [5.41, 5.74) is 1.16. The monoisotopic (exact) mass is 387 g/mol. The van der Waals surface area contributed by atoms with Gasteiger partial charge in [-0.1, -0.05) is 42.5 Å². The molecule has 0 saturated heterocycles. The van der Waals surface area contributed by atoms with Crippen LogP contribution >= 0.6 is 0 Å². The second-order valence-corrected chi connectivity index (χ2v) is 7.12. The van der Waals surface area contributed by atoms with Gasteiger partial charge in [-0.15, -0.1) is 4.83 Å². The average molecular weight is 387 g/mol. The number of hydrogen-bond donors (Lipinski definition) is 3. The van der Waals surface area contributed by atoms with Crippen molar-refractivity contribution >= 4 is 32.4 Å². The fourth-order valence-electron chi connectivity index (χ4n) is 2.51. The van der Waals surface area contributed by atoms with Gasteiger partial charge < -0.3 is 5.11 Å². The lowest BCUT2D eigenvalue weighted by atomic mass is 10.1. The molecule has 0 atom stereocenters. The zero-order valence-electron chi connectivity index (χ0n) is 13.6. The highest BCUT2D eigenvalue weighted by atomic mass is 32.2. The van der Waals surface area contributed by atoms with Gasteiger partial charge in [0, 0.05) is 11.5 Å². The molecule has 0 fully saturated rings. The number of para-hydroxylation sites is 1. The Hall–Kier alpha value is -3.50. The third-order valence-electron chi connectivity index (χ3n) is 3.80. The number of carbonyl (C=O) groups excluding carboxylic acids is 1. The first-order valence-electron chi connectivity index (χ1n) is 7.57. The summed E-state index contributed by atoms with van der Waals surface area (Å²) in [4.78, 5) is 23.6. The van der Waals surface area contributed by atoms with Gasteiger partial charge in [0.1, 0.15) is 5.75 Å². The Balaban J connectivity index is 1.86. The molecule has 10 heteroatoms. The summed E-state index contributed by atoms with van der Waals surface area (Å²) in [5.74, 6) is -1.23. The second-order valence-electron chi connectivity index (χ2n) is 5.47. The van der Waals surface area contributed by atoms with Crippen molar-refractivity contribution in [3.05, 3.63) is 76.3 Å².